The lowest BCUT2D eigenvalue weighted by atomic mass is 9.74. The summed E-state index contributed by atoms with van der Waals surface area (Å²) in [4.78, 5) is 4.53. The first-order chi connectivity index (χ1) is 14.3. The lowest BCUT2D eigenvalue weighted by Crippen LogP contribution is -2.55. The molecule has 1 saturated heterocycles. The van der Waals surface area contributed by atoms with Gasteiger partial charge in [0, 0.05) is 38.8 Å². The number of nitrogens with zero attached hydrogens (tertiary/aromatic N) is 1. The summed E-state index contributed by atoms with van der Waals surface area (Å²) in [5, 5.41) is 22.6. The lowest BCUT2D eigenvalue weighted by Gasteiger charge is -2.43. The quantitative estimate of drug-likeness (QED) is 0.685. The molecule has 1 heterocycles. The van der Waals surface area contributed by atoms with Gasteiger partial charge in [0.05, 0.1) is 23.6 Å². The van der Waals surface area contributed by atoms with E-state index in [0.29, 0.717) is 12.2 Å². The van der Waals surface area contributed by atoms with E-state index in [9.17, 15) is 10.2 Å². The van der Waals surface area contributed by atoms with Crippen LogP contribution >= 0.6 is 0 Å². The van der Waals surface area contributed by atoms with Crippen LogP contribution in [0.5, 0.6) is 0 Å². The third-order valence-corrected chi connectivity index (χ3v) is 7.44. The molecule has 31 heavy (non-hydrogen) atoms. The third-order valence-electron chi connectivity index (χ3n) is 7.44. The summed E-state index contributed by atoms with van der Waals surface area (Å²) >= 11 is 0. The number of aliphatic hydroxyl groups is 2. The Hall–Kier alpha value is -0.950. The van der Waals surface area contributed by atoms with Crippen molar-refractivity contribution in [2.75, 3.05) is 21.3 Å². The normalized spacial score (nSPS) is 45.2. The Kier molecular flexibility index (Phi) is 10.2. The fourth-order valence-corrected chi connectivity index (χ4v) is 5.55. The molecule has 2 N–H and O–H groups in total. The Morgan fingerprint density at radius 3 is 2.16 bits per heavy atom. The van der Waals surface area contributed by atoms with Crippen LogP contribution in [0.1, 0.15) is 67.7 Å². The summed E-state index contributed by atoms with van der Waals surface area (Å²) < 4.78 is 18.1. The molecule has 0 aromatic carbocycles. The van der Waals surface area contributed by atoms with Gasteiger partial charge in [-0.2, -0.15) is 0 Å². The highest BCUT2D eigenvalue weighted by Crippen LogP contribution is 2.37. The highest BCUT2D eigenvalue weighted by Gasteiger charge is 2.46. The van der Waals surface area contributed by atoms with Crippen molar-refractivity contribution < 1.29 is 24.4 Å². The van der Waals surface area contributed by atoms with Gasteiger partial charge in [-0.05, 0) is 44.9 Å². The molecule has 6 heteroatoms. The number of aliphatic hydroxyl groups excluding tert-OH is 1. The standard InChI is InChI=1S/C25H47NO5/c1-12-20-25(8,28)23(27)18(5)21(26-9)15(2)13-24(7,30-11)14-16(3)22(29-10)17(4)19(6)31-20/h15-18,20,22-23,27-28H,6,12-14H2,1-5,7-11H3/t15-,16-,17+,18?,20-,22+,23?,24-,25-/m1/s1. The average Bonchev–Trinajstić information content (AvgIpc) is 2.70. The van der Waals surface area contributed by atoms with E-state index in [-0.39, 0.29) is 29.8 Å². The molecule has 0 spiro atoms. The van der Waals surface area contributed by atoms with E-state index in [2.05, 4.69) is 32.3 Å². The number of hydrogen-bond donors (Lipinski definition) is 2. The highest BCUT2D eigenvalue weighted by molar-refractivity contribution is 5.89. The third kappa shape index (κ3) is 6.31. The van der Waals surface area contributed by atoms with E-state index in [1.807, 2.05) is 20.8 Å². The largest absolute Gasteiger partial charge is 0.492 e. The molecule has 1 aliphatic rings. The molecule has 1 rings (SSSR count). The van der Waals surface area contributed by atoms with Crippen molar-refractivity contribution in [1.29, 1.82) is 0 Å². The van der Waals surface area contributed by atoms with Crippen molar-refractivity contribution in [3.63, 3.8) is 0 Å². The van der Waals surface area contributed by atoms with Crippen LogP contribution in [0.15, 0.2) is 17.3 Å². The Bertz CT molecular complexity index is 619. The molecule has 0 saturated carbocycles. The fourth-order valence-electron chi connectivity index (χ4n) is 5.55. The van der Waals surface area contributed by atoms with Crippen LogP contribution in [-0.4, -0.2) is 66.7 Å². The van der Waals surface area contributed by atoms with Gasteiger partial charge in [-0.1, -0.05) is 41.2 Å². The predicted molar refractivity (Wildman–Crippen MR) is 126 cm³/mol. The van der Waals surface area contributed by atoms with Crippen LogP contribution in [0.4, 0.5) is 0 Å². The molecule has 182 valence electrons. The van der Waals surface area contributed by atoms with Crippen molar-refractivity contribution >= 4 is 5.71 Å². The molecule has 0 aromatic rings. The number of ether oxygens (including phenoxy) is 3. The minimum Gasteiger partial charge on any atom is -0.492 e. The van der Waals surface area contributed by atoms with Crippen LogP contribution < -0.4 is 0 Å². The topological polar surface area (TPSA) is 80.5 Å². The zero-order chi connectivity index (χ0) is 24.1. The predicted octanol–water partition coefficient (Wildman–Crippen LogP) is 4.24. The van der Waals surface area contributed by atoms with Gasteiger partial charge in [0.15, 0.2) is 0 Å². The molecule has 0 aliphatic carbocycles. The maximum atomic E-state index is 11.4. The fraction of sp³-hybridized carbons (Fsp3) is 0.880. The van der Waals surface area contributed by atoms with E-state index >= 15 is 0 Å². The van der Waals surface area contributed by atoms with Gasteiger partial charge in [0.1, 0.15) is 11.7 Å². The first-order valence-corrected chi connectivity index (χ1v) is 11.6. The minimum absolute atomic E-state index is 0.0694. The van der Waals surface area contributed by atoms with Crippen molar-refractivity contribution in [3.05, 3.63) is 12.3 Å². The van der Waals surface area contributed by atoms with Crippen LogP contribution in [0.3, 0.4) is 0 Å². The van der Waals surface area contributed by atoms with E-state index in [1.165, 1.54) is 0 Å². The molecule has 1 fully saturated rings. The van der Waals surface area contributed by atoms with Crippen LogP contribution in [-0.2, 0) is 14.2 Å². The first kappa shape index (κ1) is 28.1. The van der Waals surface area contributed by atoms with Crippen LogP contribution in [0.2, 0.25) is 0 Å². The zero-order valence-electron chi connectivity index (χ0n) is 21.4. The van der Waals surface area contributed by atoms with Gasteiger partial charge >= 0.3 is 0 Å². The molecule has 6 nitrogen and oxygen atoms in total. The van der Waals surface area contributed by atoms with E-state index < -0.39 is 23.4 Å². The second kappa shape index (κ2) is 11.3. The summed E-state index contributed by atoms with van der Waals surface area (Å²) in [6.07, 6.45) is 0.312. The number of hydrogen-bond acceptors (Lipinski definition) is 6. The molecule has 9 atom stereocenters. The highest BCUT2D eigenvalue weighted by atomic mass is 16.5. The minimum atomic E-state index is -1.48. The Morgan fingerprint density at radius 1 is 1.13 bits per heavy atom. The molecule has 0 radical (unpaired) electrons. The summed E-state index contributed by atoms with van der Waals surface area (Å²) in [7, 11) is 5.20. The zero-order valence-corrected chi connectivity index (χ0v) is 21.4. The number of aliphatic imine (C=N–C) groups is 1. The molecule has 0 aromatic heterocycles. The van der Waals surface area contributed by atoms with Gasteiger partial charge < -0.3 is 24.4 Å². The summed E-state index contributed by atoms with van der Waals surface area (Å²) in [5.41, 5.74) is -1.00. The molecule has 2 unspecified atom stereocenters. The molecule has 0 amide bonds. The lowest BCUT2D eigenvalue weighted by molar-refractivity contribution is -0.156. The number of rotatable bonds is 3. The van der Waals surface area contributed by atoms with Gasteiger partial charge in [-0.25, -0.2) is 0 Å². The summed E-state index contributed by atoms with van der Waals surface area (Å²) in [6.45, 7) is 18.1. The average molecular weight is 442 g/mol. The van der Waals surface area contributed by atoms with Crippen LogP contribution in [0, 0.1) is 23.7 Å². The summed E-state index contributed by atoms with van der Waals surface area (Å²) in [6, 6.07) is 0. The van der Waals surface area contributed by atoms with Gasteiger partial charge in [-0.3, -0.25) is 4.99 Å². The van der Waals surface area contributed by atoms with Crippen LogP contribution in [0.25, 0.3) is 0 Å². The second-order valence-electron chi connectivity index (χ2n) is 10.0. The van der Waals surface area contributed by atoms with Crippen molar-refractivity contribution in [2.24, 2.45) is 28.7 Å². The monoisotopic (exact) mass is 441 g/mol. The SMILES string of the molecule is C=C1O[C@H](CC)[C@@](C)(O)C(O)C(C)C(=NC)[C@H](C)C[C@@](C)(OC)C[C@@H](C)[C@H](OC)[C@H]1C. The van der Waals surface area contributed by atoms with E-state index in [0.717, 1.165) is 18.6 Å². The Labute approximate surface area is 190 Å². The van der Waals surface area contributed by atoms with Gasteiger partial charge in [0.25, 0.3) is 0 Å². The molecular weight excluding hydrogens is 394 g/mol. The Morgan fingerprint density at radius 2 is 1.71 bits per heavy atom. The maximum Gasteiger partial charge on any atom is 0.129 e. The Balaban J connectivity index is 3.51. The second-order valence-corrected chi connectivity index (χ2v) is 10.0. The maximum absolute atomic E-state index is 11.4. The van der Waals surface area contributed by atoms with E-state index in [1.54, 1.807) is 28.2 Å². The van der Waals surface area contributed by atoms with Crippen molar-refractivity contribution in [1.82, 2.24) is 0 Å². The summed E-state index contributed by atoms with van der Waals surface area (Å²) in [5.74, 6) is 0.380. The van der Waals surface area contributed by atoms with Gasteiger partial charge in [-0.15, -0.1) is 0 Å². The van der Waals surface area contributed by atoms with Crippen molar-refractivity contribution in [2.45, 2.75) is 97.2 Å². The molecule has 0 bridgehead atoms. The number of methoxy groups -OCH3 is 2. The van der Waals surface area contributed by atoms with E-state index in [4.69, 9.17) is 14.2 Å². The smallest absolute Gasteiger partial charge is 0.129 e. The molecule has 1 aliphatic heterocycles. The first-order valence-electron chi connectivity index (χ1n) is 11.6. The van der Waals surface area contributed by atoms with Crippen molar-refractivity contribution in [3.8, 4) is 0 Å². The molecular formula is C25H47NO5. The van der Waals surface area contributed by atoms with Gasteiger partial charge in [0.2, 0.25) is 0 Å².